The summed E-state index contributed by atoms with van der Waals surface area (Å²) in [5.74, 6) is 0.762. The molecule has 2 nitrogen and oxygen atoms in total. The van der Waals surface area contributed by atoms with Crippen LogP contribution in [0.5, 0.6) is 5.75 Å². The molecule has 1 aliphatic heterocycles. The summed E-state index contributed by atoms with van der Waals surface area (Å²) in [6.07, 6.45) is 3.16. The minimum atomic E-state index is -0.0431. The summed E-state index contributed by atoms with van der Waals surface area (Å²) < 4.78 is 24.2. The number of hydrogen-bond acceptors (Lipinski definition) is 2. The number of methoxy groups -OCH3 is 1. The van der Waals surface area contributed by atoms with Crippen molar-refractivity contribution in [3.8, 4) is 5.75 Å². The highest BCUT2D eigenvalue weighted by Gasteiger charge is 2.18. The molecule has 3 heteroatoms. The maximum atomic E-state index is 13.9. The smallest absolute Gasteiger partial charge is 0.118 e. The predicted molar refractivity (Wildman–Crippen MR) is 65.6 cm³/mol. The summed E-state index contributed by atoms with van der Waals surface area (Å²) in [4.78, 5) is 0. The maximum Gasteiger partial charge on any atom is 0.118 e. The lowest BCUT2D eigenvalue weighted by Crippen LogP contribution is -2.15. The molecule has 0 aromatic heterocycles. The third-order valence-electron chi connectivity index (χ3n) is 3.03. The zero-order valence-electron chi connectivity index (χ0n) is 9.99. The van der Waals surface area contributed by atoms with Crippen LogP contribution in [0.2, 0.25) is 0 Å². The maximum absolute atomic E-state index is 13.9. The Bertz CT molecular complexity index is 378. The molecular weight excluding hydrogens is 219 g/mol. The molecule has 92 valence electrons. The van der Waals surface area contributed by atoms with Gasteiger partial charge in [0, 0.05) is 19.1 Å². The molecule has 1 saturated heterocycles. The van der Waals surface area contributed by atoms with Crippen LogP contribution in [0.4, 0.5) is 4.39 Å². The van der Waals surface area contributed by atoms with Crippen LogP contribution in [0.1, 0.15) is 18.4 Å². The average molecular weight is 236 g/mol. The quantitative estimate of drug-likeness (QED) is 0.800. The lowest BCUT2D eigenvalue weighted by atomic mass is 9.97. The molecule has 0 amide bonds. The fourth-order valence-corrected chi connectivity index (χ4v) is 1.95. The molecule has 0 bridgehead atoms. The van der Waals surface area contributed by atoms with Gasteiger partial charge in [0.25, 0.3) is 0 Å². The fraction of sp³-hybridized carbons (Fsp3) is 0.429. The molecule has 1 fully saturated rings. The second-order valence-corrected chi connectivity index (χ2v) is 4.19. The third-order valence-corrected chi connectivity index (χ3v) is 3.03. The first kappa shape index (κ1) is 12.1. The Morgan fingerprint density at radius 3 is 2.53 bits per heavy atom. The Morgan fingerprint density at radius 2 is 1.94 bits per heavy atom. The van der Waals surface area contributed by atoms with Crippen LogP contribution in [0.25, 0.3) is 6.08 Å². The number of halogens is 1. The molecule has 0 atom stereocenters. The minimum Gasteiger partial charge on any atom is -0.497 e. The number of allylic oxidation sites excluding steroid dienone is 1. The lowest BCUT2D eigenvalue weighted by Gasteiger charge is -2.20. The van der Waals surface area contributed by atoms with Gasteiger partial charge in [-0.25, -0.2) is 4.39 Å². The molecule has 1 aromatic rings. The molecule has 1 heterocycles. The monoisotopic (exact) mass is 236 g/mol. The van der Waals surface area contributed by atoms with Crippen LogP contribution in [0.3, 0.4) is 0 Å². The first-order valence-corrected chi connectivity index (χ1v) is 5.88. The van der Waals surface area contributed by atoms with Gasteiger partial charge in [0.15, 0.2) is 0 Å². The Kier molecular flexibility index (Phi) is 4.15. The van der Waals surface area contributed by atoms with Crippen molar-refractivity contribution in [1.82, 2.24) is 0 Å². The lowest BCUT2D eigenvalue weighted by molar-refractivity contribution is 0.0705. The second-order valence-electron chi connectivity index (χ2n) is 4.19. The predicted octanol–water partition coefficient (Wildman–Crippen LogP) is 3.43. The first-order chi connectivity index (χ1) is 8.29. The van der Waals surface area contributed by atoms with Crippen LogP contribution < -0.4 is 4.74 Å². The zero-order valence-corrected chi connectivity index (χ0v) is 9.99. The van der Waals surface area contributed by atoms with Crippen LogP contribution in [0, 0.1) is 5.92 Å². The van der Waals surface area contributed by atoms with Crippen molar-refractivity contribution in [3.05, 3.63) is 35.7 Å². The second kappa shape index (κ2) is 5.82. The van der Waals surface area contributed by atoms with E-state index in [0.717, 1.165) is 24.2 Å². The highest BCUT2D eigenvalue weighted by molar-refractivity contribution is 5.52. The van der Waals surface area contributed by atoms with Gasteiger partial charge in [0.2, 0.25) is 0 Å². The number of rotatable bonds is 3. The summed E-state index contributed by atoms with van der Waals surface area (Å²) in [7, 11) is 1.62. The van der Waals surface area contributed by atoms with Gasteiger partial charge in [-0.15, -0.1) is 0 Å². The van der Waals surface area contributed by atoms with E-state index in [2.05, 4.69) is 0 Å². The summed E-state index contributed by atoms with van der Waals surface area (Å²) in [5.41, 5.74) is 0.870. The number of ether oxygens (including phenoxy) is 2. The molecule has 17 heavy (non-hydrogen) atoms. The summed E-state index contributed by atoms with van der Waals surface area (Å²) >= 11 is 0. The molecule has 0 aliphatic carbocycles. The molecular formula is C14H17FO2. The van der Waals surface area contributed by atoms with E-state index in [-0.39, 0.29) is 11.7 Å². The van der Waals surface area contributed by atoms with Crippen LogP contribution in [-0.4, -0.2) is 20.3 Å². The van der Waals surface area contributed by atoms with E-state index < -0.39 is 0 Å². The van der Waals surface area contributed by atoms with Crippen molar-refractivity contribution in [2.24, 2.45) is 5.92 Å². The summed E-state index contributed by atoms with van der Waals surface area (Å²) in [6.45, 7) is 1.32. The average Bonchev–Trinajstić information content (AvgIpc) is 2.40. The van der Waals surface area contributed by atoms with Gasteiger partial charge in [0.05, 0.1) is 7.11 Å². The SMILES string of the molecule is COc1ccc(/C=C(\F)C2CCOCC2)cc1. The molecule has 0 N–H and O–H groups in total. The van der Waals surface area contributed by atoms with E-state index in [1.807, 2.05) is 24.3 Å². The summed E-state index contributed by atoms with van der Waals surface area (Å²) in [6, 6.07) is 7.39. The van der Waals surface area contributed by atoms with E-state index >= 15 is 0 Å². The molecule has 1 aliphatic rings. The van der Waals surface area contributed by atoms with Crippen molar-refractivity contribution in [1.29, 1.82) is 0 Å². The van der Waals surface area contributed by atoms with Gasteiger partial charge in [-0.1, -0.05) is 12.1 Å². The largest absolute Gasteiger partial charge is 0.497 e. The minimum absolute atomic E-state index is 0.0193. The topological polar surface area (TPSA) is 18.5 Å². The molecule has 2 rings (SSSR count). The highest BCUT2D eigenvalue weighted by atomic mass is 19.1. The summed E-state index contributed by atoms with van der Waals surface area (Å²) in [5, 5.41) is 0. The van der Waals surface area contributed by atoms with Gasteiger partial charge < -0.3 is 9.47 Å². The van der Waals surface area contributed by atoms with Crippen molar-refractivity contribution in [2.75, 3.05) is 20.3 Å². The number of hydrogen-bond donors (Lipinski definition) is 0. The molecule has 0 saturated carbocycles. The fourth-order valence-electron chi connectivity index (χ4n) is 1.95. The van der Waals surface area contributed by atoms with Crippen molar-refractivity contribution in [3.63, 3.8) is 0 Å². The van der Waals surface area contributed by atoms with E-state index in [9.17, 15) is 4.39 Å². The van der Waals surface area contributed by atoms with E-state index in [4.69, 9.17) is 9.47 Å². The third kappa shape index (κ3) is 3.30. The zero-order chi connectivity index (χ0) is 12.1. The Balaban J connectivity index is 2.05. The van der Waals surface area contributed by atoms with Crippen molar-refractivity contribution in [2.45, 2.75) is 12.8 Å². The van der Waals surface area contributed by atoms with Gasteiger partial charge in [-0.2, -0.15) is 0 Å². The number of benzene rings is 1. The molecule has 0 spiro atoms. The van der Waals surface area contributed by atoms with Crippen LogP contribution in [0.15, 0.2) is 30.1 Å². The van der Waals surface area contributed by atoms with E-state index in [1.165, 1.54) is 0 Å². The van der Waals surface area contributed by atoms with E-state index in [0.29, 0.717) is 13.2 Å². The van der Waals surface area contributed by atoms with Gasteiger partial charge in [-0.3, -0.25) is 0 Å². The van der Waals surface area contributed by atoms with E-state index in [1.54, 1.807) is 13.2 Å². The Morgan fingerprint density at radius 1 is 1.29 bits per heavy atom. The molecule has 0 unspecified atom stereocenters. The molecule has 1 aromatic carbocycles. The Hall–Kier alpha value is -1.35. The van der Waals surface area contributed by atoms with Gasteiger partial charge in [0.1, 0.15) is 11.6 Å². The van der Waals surface area contributed by atoms with Crippen LogP contribution in [-0.2, 0) is 4.74 Å². The molecule has 0 radical (unpaired) electrons. The highest BCUT2D eigenvalue weighted by Crippen LogP contribution is 2.26. The Labute approximate surface area is 101 Å². The normalized spacial score (nSPS) is 18.1. The van der Waals surface area contributed by atoms with Crippen molar-refractivity contribution >= 4 is 6.08 Å². The van der Waals surface area contributed by atoms with Crippen molar-refractivity contribution < 1.29 is 13.9 Å². The van der Waals surface area contributed by atoms with Gasteiger partial charge in [-0.05, 0) is 36.6 Å². The standard InChI is InChI=1S/C14H17FO2/c1-16-13-4-2-11(3-5-13)10-14(15)12-6-8-17-9-7-12/h2-5,10,12H,6-9H2,1H3/b14-10-. The van der Waals surface area contributed by atoms with Gasteiger partial charge >= 0.3 is 0 Å². The van der Waals surface area contributed by atoms with Crippen LogP contribution >= 0.6 is 0 Å². The first-order valence-electron chi connectivity index (χ1n) is 5.88.